The lowest BCUT2D eigenvalue weighted by Gasteiger charge is -2.01. The summed E-state index contributed by atoms with van der Waals surface area (Å²) in [5, 5.41) is 0. The van der Waals surface area contributed by atoms with Crippen LogP contribution >= 0.6 is 22.6 Å². The number of benzene rings is 1. The van der Waals surface area contributed by atoms with Crippen molar-refractivity contribution in [3.63, 3.8) is 0 Å². The first-order valence-corrected chi connectivity index (χ1v) is 5.17. The molecular formula is C10H5F2IN2. The number of nitrogens with zero attached hydrogens (tertiary/aromatic N) is 2. The molecule has 0 radical (unpaired) electrons. The zero-order valence-electron chi connectivity index (χ0n) is 7.42. The smallest absolute Gasteiger partial charge is 0.159 e. The summed E-state index contributed by atoms with van der Waals surface area (Å²) < 4.78 is 26.4. The fourth-order valence-corrected chi connectivity index (χ4v) is 1.57. The van der Waals surface area contributed by atoms with Crippen LogP contribution in [0.5, 0.6) is 0 Å². The number of halogens is 3. The van der Waals surface area contributed by atoms with E-state index in [0.717, 1.165) is 15.8 Å². The Labute approximate surface area is 98.5 Å². The summed E-state index contributed by atoms with van der Waals surface area (Å²) in [6.45, 7) is 0. The average Bonchev–Trinajstić information content (AvgIpc) is 2.22. The second-order valence-electron chi connectivity index (χ2n) is 2.85. The average molecular weight is 318 g/mol. The number of hydrogen-bond acceptors (Lipinski definition) is 2. The SMILES string of the molecule is Fc1ccc(-c2cc(I)ncn2)cc1F. The highest BCUT2D eigenvalue weighted by atomic mass is 127. The van der Waals surface area contributed by atoms with Gasteiger partial charge >= 0.3 is 0 Å². The number of rotatable bonds is 1. The minimum Gasteiger partial charge on any atom is -0.236 e. The molecule has 1 aromatic heterocycles. The Kier molecular flexibility index (Phi) is 2.90. The van der Waals surface area contributed by atoms with Crippen LogP contribution < -0.4 is 0 Å². The molecule has 1 aromatic carbocycles. The van der Waals surface area contributed by atoms with Gasteiger partial charge in [0.15, 0.2) is 11.6 Å². The molecule has 0 amide bonds. The van der Waals surface area contributed by atoms with Gasteiger partial charge in [0.1, 0.15) is 10.0 Å². The second kappa shape index (κ2) is 4.18. The van der Waals surface area contributed by atoms with Gasteiger partial charge in [-0.3, -0.25) is 0 Å². The van der Waals surface area contributed by atoms with Gasteiger partial charge in [0, 0.05) is 5.56 Å². The first-order valence-electron chi connectivity index (χ1n) is 4.10. The Morgan fingerprint density at radius 2 is 1.80 bits per heavy atom. The van der Waals surface area contributed by atoms with Crippen LogP contribution in [0.25, 0.3) is 11.3 Å². The van der Waals surface area contributed by atoms with Crippen LogP contribution in [-0.2, 0) is 0 Å². The fraction of sp³-hybridized carbons (Fsp3) is 0. The van der Waals surface area contributed by atoms with Crippen molar-refractivity contribution in [2.45, 2.75) is 0 Å². The Hall–Kier alpha value is -1.11. The van der Waals surface area contributed by atoms with Gasteiger partial charge in [0.2, 0.25) is 0 Å². The molecular weight excluding hydrogens is 313 g/mol. The van der Waals surface area contributed by atoms with E-state index >= 15 is 0 Å². The van der Waals surface area contributed by atoms with E-state index in [1.807, 2.05) is 22.6 Å². The maximum Gasteiger partial charge on any atom is 0.159 e. The van der Waals surface area contributed by atoms with Gasteiger partial charge in [0.05, 0.1) is 5.69 Å². The molecule has 0 bridgehead atoms. The lowest BCUT2D eigenvalue weighted by atomic mass is 10.1. The summed E-state index contributed by atoms with van der Waals surface area (Å²) in [5.41, 5.74) is 1.11. The number of aromatic nitrogens is 2. The molecule has 15 heavy (non-hydrogen) atoms. The van der Waals surface area contributed by atoms with Gasteiger partial charge in [-0.05, 0) is 46.9 Å². The van der Waals surface area contributed by atoms with Gasteiger partial charge in [0.25, 0.3) is 0 Å². The van der Waals surface area contributed by atoms with Crippen molar-refractivity contribution < 1.29 is 8.78 Å². The Morgan fingerprint density at radius 1 is 1.00 bits per heavy atom. The first kappa shape index (κ1) is 10.4. The third-order valence-electron chi connectivity index (χ3n) is 1.85. The standard InChI is InChI=1S/C10H5F2IN2/c11-7-2-1-6(3-8(7)12)9-4-10(13)15-5-14-9/h1-5H. The van der Waals surface area contributed by atoms with Crippen molar-refractivity contribution in [2.24, 2.45) is 0 Å². The quantitative estimate of drug-likeness (QED) is 0.597. The van der Waals surface area contributed by atoms with Crippen molar-refractivity contribution in [2.75, 3.05) is 0 Å². The summed E-state index contributed by atoms with van der Waals surface area (Å²) in [6.07, 6.45) is 1.39. The molecule has 2 rings (SSSR count). The first-order chi connectivity index (χ1) is 7.16. The molecule has 0 unspecified atom stereocenters. The van der Waals surface area contributed by atoms with Crippen LogP contribution in [0.4, 0.5) is 8.78 Å². The summed E-state index contributed by atoms with van der Waals surface area (Å²) >= 11 is 2.03. The minimum atomic E-state index is -0.874. The fourth-order valence-electron chi connectivity index (χ4n) is 1.15. The normalized spacial score (nSPS) is 10.3. The number of hydrogen-bond donors (Lipinski definition) is 0. The molecule has 0 aliphatic heterocycles. The van der Waals surface area contributed by atoms with Gasteiger partial charge in [-0.1, -0.05) is 0 Å². The molecule has 0 N–H and O–H groups in total. The third-order valence-corrected chi connectivity index (χ3v) is 2.44. The highest BCUT2D eigenvalue weighted by molar-refractivity contribution is 14.1. The molecule has 0 saturated carbocycles. The second-order valence-corrected chi connectivity index (χ2v) is 3.96. The lowest BCUT2D eigenvalue weighted by Crippen LogP contribution is -1.90. The largest absolute Gasteiger partial charge is 0.236 e. The lowest BCUT2D eigenvalue weighted by molar-refractivity contribution is 0.509. The summed E-state index contributed by atoms with van der Waals surface area (Å²) in [7, 11) is 0. The van der Waals surface area contributed by atoms with E-state index in [4.69, 9.17) is 0 Å². The van der Waals surface area contributed by atoms with Crippen molar-refractivity contribution in [1.29, 1.82) is 0 Å². The third kappa shape index (κ3) is 2.28. The van der Waals surface area contributed by atoms with E-state index < -0.39 is 11.6 Å². The maximum atomic E-state index is 12.9. The molecule has 0 atom stereocenters. The van der Waals surface area contributed by atoms with Gasteiger partial charge in [-0.25, -0.2) is 18.7 Å². The monoisotopic (exact) mass is 318 g/mol. The summed E-state index contributed by atoms with van der Waals surface area (Å²) in [5.74, 6) is -1.73. The molecule has 1 heterocycles. The molecule has 0 aliphatic carbocycles. The zero-order chi connectivity index (χ0) is 10.8. The predicted molar refractivity (Wildman–Crippen MR) is 60.1 cm³/mol. The Bertz CT molecular complexity index is 503. The highest BCUT2D eigenvalue weighted by Crippen LogP contribution is 2.19. The van der Waals surface area contributed by atoms with E-state index in [-0.39, 0.29) is 0 Å². The molecule has 5 heteroatoms. The van der Waals surface area contributed by atoms with Crippen LogP contribution in [-0.4, -0.2) is 9.97 Å². The van der Waals surface area contributed by atoms with Crippen molar-refractivity contribution >= 4 is 22.6 Å². The Balaban J connectivity index is 2.50. The van der Waals surface area contributed by atoms with Crippen LogP contribution in [0.2, 0.25) is 0 Å². The molecule has 76 valence electrons. The highest BCUT2D eigenvalue weighted by Gasteiger charge is 2.05. The molecule has 0 aliphatic rings. The molecule has 2 nitrogen and oxygen atoms in total. The van der Waals surface area contributed by atoms with E-state index in [1.165, 1.54) is 12.4 Å². The van der Waals surface area contributed by atoms with Crippen LogP contribution in [0, 0.1) is 15.3 Å². The Morgan fingerprint density at radius 3 is 2.47 bits per heavy atom. The van der Waals surface area contributed by atoms with Crippen LogP contribution in [0.1, 0.15) is 0 Å². The molecule has 0 saturated heterocycles. The van der Waals surface area contributed by atoms with Crippen molar-refractivity contribution in [3.8, 4) is 11.3 Å². The zero-order valence-corrected chi connectivity index (χ0v) is 9.57. The van der Waals surface area contributed by atoms with E-state index in [1.54, 1.807) is 6.07 Å². The van der Waals surface area contributed by atoms with E-state index in [9.17, 15) is 8.78 Å². The van der Waals surface area contributed by atoms with E-state index in [2.05, 4.69) is 9.97 Å². The maximum absolute atomic E-state index is 12.9. The van der Waals surface area contributed by atoms with Gasteiger partial charge in [-0.2, -0.15) is 0 Å². The van der Waals surface area contributed by atoms with Crippen molar-refractivity contribution in [3.05, 3.63) is 45.9 Å². The molecule has 0 fully saturated rings. The van der Waals surface area contributed by atoms with Gasteiger partial charge in [-0.15, -0.1) is 0 Å². The topological polar surface area (TPSA) is 25.8 Å². The van der Waals surface area contributed by atoms with Crippen molar-refractivity contribution in [1.82, 2.24) is 9.97 Å². The minimum absolute atomic E-state index is 0.536. The predicted octanol–water partition coefficient (Wildman–Crippen LogP) is 3.03. The van der Waals surface area contributed by atoms with Crippen LogP contribution in [0.15, 0.2) is 30.6 Å². The summed E-state index contributed by atoms with van der Waals surface area (Å²) in [6, 6.07) is 5.39. The van der Waals surface area contributed by atoms with Gasteiger partial charge < -0.3 is 0 Å². The molecule has 2 aromatic rings. The molecule has 0 spiro atoms. The van der Waals surface area contributed by atoms with E-state index in [0.29, 0.717) is 11.3 Å². The van der Waals surface area contributed by atoms with Crippen LogP contribution in [0.3, 0.4) is 0 Å². The summed E-state index contributed by atoms with van der Waals surface area (Å²) in [4.78, 5) is 7.89.